The van der Waals surface area contributed by atoms with E-state index in [1.54, 1.807) is 0 Å². The van der Waals surface area contributed by atoms with E-state index in [9.17, 15) is 4.79 Å². The first-order valence-corrected chi connectivity index (χ1v) is 8.72. The van der Waals surface area contributed by atoms with Crippen LogP contribution in [0.3, 0.4) is 0 Å². The second kappa shape index (κ2) is 7.59. The van der Waals surface area contributed by atoms with Crippen molar-refractivity contribution in [2.24, 2.45) is 5.92 Å². The summed E-state index contributed by atoms with van der Waals surface area (Å²) in [5.41, 5.74) is -0.456. The van der Waals surface area contributed by atoms with Gasteiger partial charge in [0.1, 0.15) is 5.54 Å². The molecule has 0 heterocycles. The number of carbonyl (C=O) groups is 1. The summed E-state index contributed by atoms with van der Waals surface area (Å²) >= 11 is 0. The van der Waals surface area contributed by atoms with Gasteiger partial charge in [-0.3, -0.25) is 4.79 Å². The van der Waals surface area contributed by atoms with E-state index >= 15 is 0 Å². The number of rotatable bonds is 8. The van der Waals surface area contributed by atoms with E-state index in [1.807, 2.05) is 0 Å². The minimum Gasteiger partial charge on any atom is -0.468 e. The number of ether oxygens (including phenoxy) is 1. The maximum atomic E-state index is 12.3. The standard InChI is InChI=1S/C17H32N2O2/c1-4-11-19(13-14-8-9-14)15-7-6-10-17(12-15,18-5-2)16(20)21-3/h14-15,18H,4-13H2,1-3H3. The van der Waals surface area contributed by atoms with Gasteiger partial charge in [-0.25, -0.2) is 0 Å². The number of nitrogens with one attached hydrogen (secondary N) is 1. The summed E-state index contributed by atoms with van der Waals surface area (Å²) in [6, 6.07) is 0.525. The molecular formula is C17H32N2O2. The van der Waals surface area contributed by atoms with Crippen LogP contribution in [-0.2, 0) is 9.53 Å². The Bertz CT molecular complexity index is 340. The van der Waals surface area contributed by atoms with E-state index in [1.165, 1.54) is 39.3 Å². The van der Waals surface area contributed by atoms with Gasteiger partial charge in [-0.2, -0.15) is 0 Å². The molecule has 0 aliphatic heterocycles. The molecule has 2 unspecified atom stereocenters. The molecule has 4 nitrogen and oxygen atoms in total. The molecule has 2 aliphatic rings. The minimum absolute atomic E-state index is 0.0723. The highest BCUT2D eigenvalue weighted by Crippen LogP contribution is 2.36. The fourth-order valence-corrected chi connectivity index (χ4v) is 3.85. The summed E-state index contributed by atoms with van der Waals surface area (Å²) < 4.78 is 5.11. The number of nitrogens with zero attached hydrogens (tertiary/aromatic N) is 1. The Morgan fingerprint density at radius 2 is 2.10 bits per heavy atom. The zero-order chi connectivity index (χ0) is 15.3. The summed E-state index contributed by atoms with van der Waals surface area (Å²) in [4.78, 5) is 15.0. The third-order valence-corrected chi connectivity index (χ3v) is 5.03. The molecule has 0 bridgehead atoms. The van der Waals surface area contributed by atoms with E-state index in [4.69, 9.17) is 4.74 Å². The van der Waals surface area contributed by atoms with Crippen molar-refractivity contribution in [1.82, 2.24) is 10.2 Å². The fourth-order valence-electron chi connectivity index (χ4n) is 3.85. The van der Waals surface area contributed by atoms with Crippen LogP contribution in [-0.4, -0.2) is 49.2 Å². The summed E-state index contributed by atoms with van der Waals surface area (Å²) in [6.07, 6.45) is 8.11. The van der Waals surface area contributed by atoms with Crippen LogP contribution in [0.2, 0.25) is 0 Å². The van der Waals surface area contributed by atoms with E-state index < -0.39 is 5.54 Å². The zero-order valence-electron chi connectivity index (χ0n) is 14.0. The van der Waals surface area contributed by atoms with Gasteiger partial charge in [0.15, 0.2) is 0 Å². The molecule has 2 aliphatic carbocycles. The number of likely N-dealkylation sites (N-methyl/N-ethyl adjacent to an activating group) is 1. The van der Waals surface area contributed by atoms with Crippen molar-refractivity contribution in [2.45, 2.75) is 70.4 Å². The van der Waals surface area contributed by atoms with Crippen LogP contribution >= 0.6 is 0 Å². The van der Waals surface area contributed by atoms with Crippen LogP contribution in [0.1, 0.15) is 58.8 Å². The largest absolute Gasteiger partial charge is 0.468 e. The Morgan fingerprint density at radius 1 is 1.33 bits per heavy atom. The highest BCUT2D eigenvalue weighted by atomic mass is 16.5. The summed E-state index contributed by atoms with van der Waals surface area (Å²) in [5, 5.41) is 3.44. The Kier molecular flexibility index (Phi) is 6.06. The number of methoxy groups -OCH3 is 1. The van der Waals surface area contributed by atoms with Crippen LogP contribution in [0.5, 0.6) is 0 Å². The Morgan fingerprint density at radius 3 is 2.67 bits per heavy atom. The highest BCUT2D eigenvalue weighted by molar-refractivity contribution is 5.81. The summed E-state index contributed by atoms with van der Waals surface area (Å²) in [5.74, 6) is 0.835. The molecule has 1 N–H and O–H groups in total. The van der Waals surface area contributed by atoms with Gasteiger partial charge in [0.2, 0.25) is 0 Å². The van der Waals surface area contributed by atoms with Gasteiger partial charge < -0.3 is 15.0 Å². The number of esters is 1. The molecule has 2 fully saturated rings. The van der Waals surface area contributed by atoms with Crippen LogP contribution in [0.4, 0.5) is 0 Å². The number of hydrogen-bond acceptors (Lipinski definition) is 4. The molecule has 0 radical (unpaired) electrons. The first-order chi connectivity index (χ1) is 10.1. The summed E-state index contributed by atoms with van der Waals surface area (Å²) in [7, 11) is 1.51. The van der Waals surface area contributed by atoms with Crippen molar-refractivity contribution >= 4 is 5.97 Å². The van der Waals surface area contributed by atoms with Crippen LogP contribution in [0.25, 0.3) is 0 Å². The minimum atomic E-state index is -0.456. The zero-order valence-corrected chi connectivity index (χ0v) is 14.0. The molecule has 122 valence electrons. The second-order valence-corrected chi connectivity index (χ2v) is 6.79. The molecule has 2 atom stereocenters. The molecule has 0 aromatic carbocycles. The Balaban J connectivity index is 2.06. The number of carbonyl (C=O) groups excluding carboxylic acids is 1. The van der Waals surface area contributed by atoms with Crippen LogP contribution in [0, 0.1) is 5.92 Å². The molecule has 0 aromatic heterocycles. The lowest BCUT2D eigenvalue weighted by atomic mass is 9.78. The molecule has 0 amide bonds. The van der Waals surface area contributed by atoms with Crippen molar-refractivity contribution in [3.05, 3.63) is 0 Å². The predicted molar refractivity (Wildman–Crippen MR) is 85.3 cm³/mol. The molecule has 0 saturated heterocycles. The van der Waals surface area contributed by atoms with Crippen molar-refractivity contribution in [3.8, 4) is 0 Å². The van der Waals surface area contributed by atoms with Crippen molar-refractivity contribution in [1.29, 1.82) is 0 Å². The molecular weight excluding hydrogens is 264 g/mol. The number of hydrogen-bond donors (Lipinski definition) is 1. The van der Waals surface area contributed by atoms with Gasteiger partial charge >= 0.3 is 5.97 Å². The first-order valence-electron chi connectivity index (χ1n) is 8.72. The SMILES string of the molecule is CCCN(CC1CC1)C1CCCC(NCC)(C(=O)OC)C1. The predicted octanol–water partition coefficient (Wildman–Crippen LogP) is 2.57. The normalized spacial score (nSPS) is 29.6. The first kappa shape index (κ1) is 16.8. The van der Waals surface area contributed by atoms with Gasteiger partial charge in [0, 0.05) is 12.6 Å². The molecule has 4 heteroatoms. The van der Waals surface area contributed by atoms with E-state index in [-0.39, 0.29) is 5.97 Å². The van der Waals surface area contributed by atoms with Crippen LogP contribution in [0.15, 0.2) is 0 Å². The Labute approximate surface area is 129 Å². The van der Waals surface area contributed by atoms with Gasteiger partial charge in [0.25, 0.3) is 0 Å². The van der Waals surface area contributed by atoms with E-state index in [2.05, 4.69) is 24.1 Å². The van der Waals surface area contributed by atoms with E-state index in [0.29, 0.717) is 6.04 Å². The van der Waals surface area contributed by atoms with Gasteiger partial charge in [-0.05, 0) is 64.0 Å². The molecule has 0 aromatic rings. The second-order valence-electron chi connectivity index (χ2n) is 6.79. The smallest absolute Gasteiger partial charge is 0.326 e. The van der Waals surface area contributed by atoms with Gasteiger partial charge in [-0.15, -0.1) is 0 Å². The van der Waals surface area contributed by atoms with Gasteiger partial charge in [0.05, 0.1) is 7.11 Å². The van der Waals surface area contributed by atoms with Gasteiger partial charge in [-0.1, -0.05) is 13.8 Å². The fraction of sp³-hybridized carbons (Fsp3) is 0.941. The molecule has 2 saturated carbocycles. The third-order valence-electron chi connectivity index (χ3n) is 5.03. The van der Waals surface area contributed by atoms with Crippen molar-refractivity contribution < 1.29 is 9.53 Å². The highest BCUT2D eigenvalue weighted by Gasteiger charge is 2.44. The average Bonchev–Trinajstić information content (AvgIpc) is 3.30. The van der Waals surface area contributed by atoms with Crippen LogP contribution < -0.4 is 5.32 Å². The topological polar surface area (TPSA) is 41.6 Å². The quantitative estimate of drug-likeness (QED) is 0.699. The summed E-state index contributed by atoms with van der Waals surface area (Å²) in [6.45, 7) is 7.52. The molecule has 2 rings (SSSR count). The van der Waals surface area contributed by atoms with Crippen molar-refractivity contribution in [3.63, 3.8) is 0 Å². The van der Waals surface area contributed by atoms with E-state index in [0.717, 1.165) is 38.3 Å². The third kappa shape index (κ3) is 4.19. The van der Waals surface area contributed by atoms with Crippen molar-refractivity contribution in [2.75, 3.05) is 26.7 Å². The lowest BCUT2D eigenvalue weighted by molar-refractivity contribution is -0.151. The maximum Gasteiger partial charge on any atom is 0.326 e. The maximum absolute atomic E-state index is 12.3. The average molecular weight is 296 g/mol. The lowest BCUT2D eigenvalue weighted by Crippen LogP contribution is -2.59. The molecule has 0 spiro atoms. The Hall–Kier alpha value is -0.610. The molecule has 21 heavy (non-hydrogen) atoms. The lowest BCUT2D eigenvalue weighted by Gasteiger charge is -2.43. The monoisotopic (exact) mass is 296 g/mol.